The van der Waals surface area contributed by atoms with Crippen molar-refractivity contribution in [1.82, 2.24) is 0 Å². The minimum absolute atomic E-state index is 0.160. The molecule has 2 aromatic carbocycles. The van der Waals surface area contributed by atoms with Gasteiger partial charge < -0.3 is 4.74 Å². The number of benzene rings is 2. The van der Waals surface area contributed by atoms with Crippen LogP contribution < -0.4 is 4.74 Å². The lowest BCUT2D eigenvalue weighted by Crippen LogP contribution is -2.27. The molecule has 0 aliphatic carbocycles. The van der Waals surface area contributed by atoms with E-state index in [-0.39, 0.29) is 4.90 Å². The summed E-state index contributed by atoms with van der Waals surface area (Å²) in [5.74, 6) is 0.189. The zero-order valence-electron chi connectivity index (χ0n) is 12.7. The van der Waals surface area contributed by atoms with Gasteiger partial charge in [-0.1, -0.05) is 17.7 Å². The van der Waals surface area contributed by atoms with Gasteiger partial charge in [-0.05, 0) is 50.2 Å². The number of carbonyl (C=O) groups excluding carboxylic acids is 1. The van der Waals surface area contributed by atoms with Gasteiger partial charge in [-0.3, -0.25) is 4.79 Å². The van der Waals surface area contributed by atoms with Crippen LogP contribution in [0.5, 0.6) is 5.75 Å². The SMILES string of the molecule is COc1ccc(C(=O)C(C)S(=O)(=O)c2ccc(C)cc2)cc1. The molecule has 0 aliphatic heterocycles. The maximum absolute atomic E-state index is 12.5. The van der Waals surface area contributed by atoms with Crippen molar-refractivity contribution in [2.24, 2.45) is 0 Å². The molecule has 0 spiro atoms. The lowest BCUT2D eigenvalue weighted by molar-refractivity contribution is 0.0991. The van der Waals surface area contributed by atoms with Crippen molar-refractivity contribution in [3.63, 3.8) is 0 Å². The van der Waals surface area contributed by atoms with Crippen molar-refractivity contribution in [1.29, 1.82) is 0 Å². The highest BCUT2D eigenvalue weighted by atomic mass is 32.2. The monoisotopic (exact) mass is 318 g/mol. The molecule has 1 atom stereocenters. The molecule has 0 N–H and O–H groups in total. The minimum Gasteiger partial charge on any atom is -0.497 e. The second-order valence-electron chi connectivity index (χ2n) is 5.09. The highest BCUT2D eigenvalue weighted by molar-refractivity contribution is 7.92. The summed E-state index contributed by atoms with van der Waals surface area (Å²) in [6.07, 6.45) is 0. The molecule has 0 heterocycles. The van der Waals surface area contributed by atoms with E-state index in [1.165, 1.54) is 26.2 Å². The zero-order chi connectivity index (χ0) is 16.3. The Hall–Kier alpha value is -2.14. The molecule has 0 aliphatic rings. The Morgan fingerprint density at radius 1 is 1.00 bits per heavy atom. The lowest BCUT2D eigenvalue weighted by Gasteiger charge is -2.12. The molecule has 2 rings (SSSR count). The quantitative estimate of drug-likeness (QED) is 0.795. The molecule has 5 heteroatoms. The number of ketones is 1. The number of hydrogen-bond donors (Lipinski definition) is 0. The summed E-state index contributed by atoms with van der Waals surface area (Å²) < 4.78 is 30.1. The third-order valence-electron chi connectivity index (χ3n) is 3.56. The average molecular weight is 318 g/mol. The topological polar surface area (TPSA) is 60.4 Å². The molecule has 2 aromatic rings. The Balaban J connectivity index is 2.30. The molecule has 0 radical (unpaired) electrons. The molecular weight excluding hydrogens is 300 g/mol. The van der Waals surface area contributed by atoms with Gasteiger partial charge in [0.15, 0.2) is 15.6 Å². The number of Topliss-reactive ketones (excluding diaryl/α,β-unsaturated/α-hetero) is 1. The van der Waals surface area contributed by atoms with E-state index in [2.05, 4.69) is 0 Å². The van der Waals surface area contributed by atoms with Gasteiger partial charge in [0, 0.05) is 5.56 Å². The summed E-state index contributed by atoms with van der Waals surface area (Å²) in [5, 5.41) is -1.14. The predicted octanol–water partition coefficient (Wildman–Crippen LogP) is 3.05. The Morgan fingerprint density at radius 2 is 1.55 bits per heavy atom. The van der Waals surface area contributed by atoms with E-state index in [1.54, 1.807) is 36.4 Å². The first-order chi connectivity index (χ1) is 10.4. The van der Waals surface area contributed by atoms with E-state index in [0.717, 1.165) is 5.56 Å². The summed E-state index contributed by atoms with van der Waals surface area (Å²) in [5.41, 5.74) is 1.32. The van der Waals surface area contributed by atoms with Crippen molar-refractivity contribution < 1.29 is 17.9 Å². The number of methoxy groups -OCH3 is 1. The molecular formula is C17H18O4S. The van der Waals surface area contributed by atoms with Crippen LogP contribution in [-0.2, 0) is 9.84 Å². The Labute approximate surface area is 130 Å². The predicted molar refractivity (Wildman–Crippen MR) is 85.2 cm³/mol. The van der Waals surface area contributed by atoms with E-state index in [9.17, 15) is 13.2 Å². The maximum atomic E-state index is 12.5. The van der Waals surface area contributed by atoms with Crippen LogP contribution in [0.1, 0.15) is 22.8 Å². The summed E-state index contributed by atoms with van der Waals surface area (Å²) in [4.78, 5) is 12.6. The van der Waals surface area contributed by atoms with Crippen LogP contribution in [0.3, 0.4) is 0 Å². The van der Waals surface area contributed by atoms with Crippen molar-refractivity contribution in [3.8, 4) is 5.75 Å². The van der Waals surface area contributed by atoms with Gasteiger partial charge in [0.25, 0.3) is 0 Å². The van der Waals surface area contributed by atoms with Gasteiger partial charge in [-0.25, -0.2) is 8.42 Å². The lowest BCUT2D eigenvalue weighted by atomic mass is 10.1. The van der Waals surface area contributed by atoms with Crippen LogP contribution in [0, 0.1) is 6.92 Å². The van der Waals surface area contributed by atoms with E-state index >= 15 is 0 Å². The van der Waals surface area contributed by atoms with Crippen molar-refractivity contribution in [2.45, 2.75) is 24.0 Å². The first-order valence-electron chi connectivity index (χ1n) is 6.85. The molecule has 0 aromatic heterocycles. The summed E-state index contributed by atoms with van der Waals surface area (Å²) in [6.45, 7) is 3.30. The minimum atomic E-state index is -3.70. The molecule has 1 unspecified atom stereocenters. The molecule has 0 saturated heterocycles. The highest BCUT2D eigenvalue weighted by Crippen LogP contribution is 2.21. The fourth-order valence-electron chi connectivity index (χ4n) is 2.06. The van der Waals surface area contributed by atoms with Crippen LogP contribution in [0.4, 0.5) is 0 Å². The van der Waals surface area contributed by atoms with Crippen LogP contribution in [0.15, 0.2) is 53.4 Å². The van der Waals surface area contributed by atoms with Gasteiger partial charge in [0.1, 0.15) is 11.0 Å². The number of hydrogen-bond acceptors (Lipinski definition) is 4. The second kappa shape index (κ2) is 6.32. The van der Waals surface area contributed by atoms with E-state index in [1.807, 2.05) is 6.92 Å². The molecule has 0 fully saturated rings. The van der Waals surface area contributed by atoms with Crippen LogP contribution in [-0.4, -0.2) is 26.6 Å². The highest BCUT2D eigenvalue weighted by Gasteiger charge is 2.30. The van der Waals surface area contributed by atoms with Crippen LogP contribution in [0.25, 0.3) is 0 Å². The molecule has 4 nitrogen and oxygen atoms in total. The second-order valence-corrected chi connectivity index (χ2v) is 7.36. The molecule has 0 saturated carbocycles. The van der Waals surface area contributed by atoms with Crippen LogP contribution in [0.2, 0.25) is 0 Å². The summed E-state index contributed by atoms with van der Waals surface area (Å²) in [6, 6.07) is 12.9. The van der Waals surface area contributed by atoms with Gasteiger partial charge >= 0.3 is 0 Å². The Bertz CT molecular complexity index is 759. The zero-order valence-corrected chi connectivity index (χ0v) is 13.6. The molecule has 116 valence electrons. The number of aryl methyl sites for hydroxylation is 1. The standard InChI is InChI=1S/C17H18O4S/c1-12-4-10-16(11-5-12)22(19,20)13(2)17(18)14-6-8-15(21-3)9-7-14/h4-11,13H,1-3H3. The number of rotatable bonds is 5. The van der Waals surface area contributed by atoms with Crippen LogP contribution >= 0.6 is 0 Å². The van der Waals surface area contributed by atoms with Gasteiger partial charge in [0.2, 0.25) is 0 Å². The normalized spacial score (nSPS) is 12.7. The Morgan fingerprint density at radius 3 is 2.05 bits per heavy atom. The summed E-state index contributed by atoms with van der Waals surface area (Å²) >= 11 is 0. The number of ether oxygens (including phenoxy) is 1. The fraction of sp³-hybridized carbons (Fsp3) is 0.235. The number of sulfone groups is 1. The molecule has 0 bridgehead atoms. The Kier molecular flexibility index (Phi) is 4.66. The first-order valence-corrected chi connectivity index (χ1v) is 8.39. The third-order valence-corrected chi connectivity index (χ3v) is 5.63. The van der Waals surface area contributed by atoms with Crippen molar-refractivity contribution in [3.05, 3.63) is 59.7 Å². The van der Waals surface area contributed by atoms with Crippen molar-refractivity contribution in [2.75, 3.05) is 7.11 Å². The largest absolute Gasteiger partial charge is 0.497 e. The first kappa shape index (κ1) is 16.2. The van der Waals surface area contributed by atoms with E-state index in [0.29, 0.717) is 11.3 Å². The molecule has 22 heavy (non-hydrogen) atoms. The number of carbonyl (C=O) groups is 1. The average Bonchev–Trinajstić information content (AvgIpc) is 2.54. The van der Waals surface area contributed by atoms with Gasteiger partial charge in [-0.2, -0.15) is 0 Å². The van der Waals surface area contributed by atoms with Gasteiger partial charge in [0.05, 0.1) is 12.0 Å². The fourth-order valence-corrected chi connectivity index (χ4v) is 3.40. The smallest absolute Gasteiger partial charge is 0.188 e. The molecule has 0 amide bonds. The summed E-state index contributed by atoms with van der Waals surface area (Å²) in [7, 11) is -2.17. The van der Waals surface area contributed by atoms with Crippen molar-refractivity contribution >= 4 is 15.6 Å². The maximum Gasteiger partial charge on any atom is 0.188 e. The third kappa shape index (κ3) is 3.20. The van der Waals surface area contributed by atoms with Gasteiger partial charge in [-0.15, -0.1) is 0 Å². The van der Waals surface area contributed by atoms with E-state index < -0.39 is 20.9 Å². The van der Waals surface area contributed by atoms with E-state index in [4.69, 9.17) is 4.74 Å².